The van der Waals surface area contributed by atoms with Gasteiger partial charge < -0.3 is 4.74 Å². The highest BCUT2D eigenvalue weighted by Gasteiger charge is 2.29. The molecular weight excluding hydrogens is 302 g/mol. The van der Waals surface area contributed by atoms with Crippen molar-refractivity contribution < 1.29 is 19.1 Å². The molecule has 0 saturated heterocycles. The van der Waals surface area contributed by atoms with E-state index in [1.54, 1.807) is 41.8 Å². The van der Waals surface area contributed by atoms with E-state index in [1.165, 1.54) is 11.3 Å². The molecule has 22 heavy (non-hydrogen) atoms. The van der Waals surface area contributed by atoms with Crippen molar-refractivity contribution in [1.82, 2.24) is 0 Å². The summed E-state index contributed by atoms with van der Waals surface area (Å²) in [6.07, 6.45) is 8.13. The molecule has 0 fully saturated rings. The van der Waals surface area contributed by atoms with Gasteiger partial charge in [-0.1, -0.05) is 24.3 Å². The second kappa shape index (κ2) is 6.03. The standard InChI is InChI=1S/C16H11NO4S/c18-13(14-6-3-7-22-14)9-21-16(20)11-8-15(19)17-12-5-2-1-4-10(11)12/h1-8,10H,9H2. The third kappa shape index (κ3) is 2.87. The number of ketones is 1. The van der Waals surface area contributed by atoms with E-state index in [2.05, 4.69) is 4.99 Å². The van der Waals surface area contributed by atoms with Crippen molar-refractivity contribution in [3.63, 3.8) is 0 Å². The van der Waals surface area contributed by atoms with E-state index >= 15 is 0 Å². The fourth-order valence-corrected chi connectivity index (χ4v) is 2.84. The van der Waals surface area contributed by atoms with E-state index in [4.69, 9.17) is 4.74 Å². The molecule has 0 saturated carbocycles. The summed E-state index contributed by atoms with van der Waals surface area (Å²) in [5, 5.41) is 1.78. The lowest BCUT2D eigenvalue weighted by molar-refractivity contribution is -0.138. The number of amides is 1. The maximum atomic E-state index is 12.2. The quantitative estimate of drug-likeness (QED) is 0.630. The van der Waals surface area contributed by atoms with Crippen molar-refractivity contribution in [2.24, 2.45) is 10.9 Å². The van der Waals surface area contributed by atoms with Crippen molar-refractivity contribution in [3.05, 3.63) is 58.3 Å². The number of carbonyl (C=O) groups is 3. The van der Waals surface area contributed by atoms with E-state index in [9.17, 15) is 14.4 Å². The number of ether oxygens (including phenoxy) is 1. The number of rotatable bonds is 4. The fraction of sp³-hybridized carbons (Fsp3) is 0.125. The Kier molecular flexibility index (Phi) is 3.93. The molecule has 6 heteroatoms. The molecule has 2 heterocycles. The van der Waals surface area contributed by atoms with Crippen LogP contribution in [0.2, 0.25) is 0 Å². The molecule has 5 nitrogen and oxygen atoms in total. The molecule has 1 aliphatic carbocycles. The Labute approximate surface area is 130 Å². The molecule has 1 unspecified atom stereocenters. The Morgan fingerprint density at radius 2 is 2.18 bits per heavy atom. The van der Waals surface area contributed by atoms with Crippen LogP contribution < -0.4 is 0 Å². The third-order valence-corrected chi connectivity index (χ3v) is 4.13. The number of hydrogen-bond acceptors (Lipinski definition) is 5. The first kappa shape index (κ1) is 14.3. The van der Waals surface area contributed by atoms with Crippen LogP contribution in [-0.2, 0) is 14.3 Å². The predicted octanol–water partition coefficient (Wildman–Crippen LogP) is 2.12. The molecule has 1 aromatic rings. The summed E-state index contributed by atoms with van der Waals surface area (Å²) in [6.45, 7) is -0.344. The molecule has 3 rings (SSSR count). The molecule has 2 aliphatic rings. The summed E-state index contributed by atoms with van der Waals surface area (Å²) in [5.74, 6) is -1.83. The van der Waals surface area contributed by atoms with Crippen molar-refractivity contribution in [2.45, 2.75) is 0 Å². The number of Topliss-reactive ketones (excluding diaryl/α,β-unsaturated/α-hetero) is 1. The van der Waals surface area contributed by atoms with Gasteiger partial charge in [0, 0.05) is 6.08 Å². The summed E-state index contributed by atoms with van der Waals surface area (Å²) in [7, 11) is 0. The lowest BCUT2D eigenvalue weighted by atomic mass is 9.88. The lowest BCUT2D eigenvalue weighted by Crippen LogP contribution is -2.27. The number of carbonyl (C=O) groups excluding carboxylic acids is 3. The molecule has 1 atom stereocenters. The van der Waals surface area contributed by atoms with Gasteiger partial charge in [-0.3, -0.25) is 9.59 Å². The predicted molar refractivity (Wildman–Crippen MR) is 81.9 cm³/mol. The summed E-state index contributed by atoms with van der Waals surface area (Å²) in [6, 6.07) is 3.42. The van der Waals surface area contributed by atoms with Gasteiger partial charge in [0.2, 0.25) is 5.78 Å². The molecule has 0 spiro atoms. The zero-order valence-corrected chi connectivity index (χ0v) is 12.2. The van der Waals surface area contributed by atoms with Crippen molar-refractivity contribution in [3.8, 4) is 0 Å². The number of aliphatic imine (C=N–C) groups is 1. The first-order valence-electron chi connectivity index (χ1n) is 6.58. The van der Waals surface area contributed by atoms with Crippen LogP contribution in [0.5, 0.6) is 0 Å². The third-order valence-electron chi connectivity index (χ3n) is 3.22. The lowest BCUT2D eigenvalue weighted by Gasteiger charge is -2.20. The van der Waals surface area contributed by atoms with Gasteiger partial charge in [-0.05, 0) is 17.5 Å². The zero-order valence-electron chi connectivity index (χ0n) is 11.4. The van der Waals surface area contributed by atoms with Gasteiger partial charge in [0.1, 0.15) is 0 Å². The van der Waals surface area contributed by atoms with Crippen molar-refractivity contribution in [2.75, 3.05) is 6.61 Å². The molecule has 0 N–H and O–H groups in total. The number of thiophene rings is 1. The normalized spacial score (nSPS) is 19.3. The second-order valence-electron chi connectivity index (χ2n) is 4.67. The minimum atomic E-state index is -0.671. The van der Waals surface area contributed by atoms with Gasteiger partial charge in [-0.15, -0.1) is 11.3 Å². The van der Waals surface area contributed by atoms with Gasteiger partial charge in [-0.2, -0.15) is 0 Å². The average molecular weight is 313 g/mol. The highest BCUT2D eigenvalue weighted by Crippen LogP contribution is 2.24. The highest BCUT2D eigenvalue weighted by atomic mass is 32.1. The first-order chi connectivity index (χ1) is 10.6. The van der Waals surface area contributed by atoms with E-state index in [0.717, 1.165) is 6.08 Å². The monoisotopic (exact) mass is 313 g/mol. The Morgan fingerprint density at radius 1 is 1.32 bits per heavy atom. The molecule has 1 aromatic heterocycles. The summed E-state index contributed by atoms with van der Waals surface area (Å²) in [4.78, 5) is 40.0. The zero-order chi connectivity index (χ0) is 15.5. The number of nitrogens with zero attached hydrogens (tertiary/aromatic N) is 1. The van der Waals surface area contributed by atoms with Gasteiger partial charge in [-0.25, -0.2) is 9.79 Å². The number of fused-ring (bicyclic) bond motifs is 1. The molecule has 1 amide bonds. The van der Waals surface area contributed by atoms with E-state index < -0.39 is 17.8 Å². The van der Waals surface area contributed by atoms with Crippen LogP contribution in [0.1, 0.15) is 9.67 Å². The summed E-state index contributed by atoms with van der Waals surface area (Å²) in [5.41, 5.74) is 0.709. The number of dihydropyridines is 1. The SMILES string of the molecule is O=C1C=C(C(=O)OCC(=O)c2cccs2)C2C=CC=CC2=N1. The van der Waals surface area contributed by atoms with Gasteiger partial charge in [0.25, 0.3) is 5.91 Å². The maximum absolute atomic E-state index is 12.2. The maximum Gasteiger partial charge on any atom is 0.335 e. The van der Waals surface area contributed by atoms with Crippen molar-refractivity contribution >= 4 is 34.7 Å². The Morgan fingerprint density at radius 3 is 2.95 bits per heavy atom. The molecule has 0 bridgehead atoms. The smallest absolute Gasteiger partial charge is 0.335 e. The largest absolute Gasteiger partial charge is 0.454 e. The van der Waals surface area contributed by atoms with Crippen LogP contribution in [0.3, 0.4) is 0 Å². The molecule has 0 radical (unpaired) electrons. The Bertz CT molecular complexity index is 753. The van der Waals surface area contributed by atoms with Crippen LogP contribution >= 0.6 is 11.3 Å². The molecule has 0 aromatic carbocycles. The number of hydrogen-bond donors (Lipinski definition) is 0. The van der Waals surface area contributed by atoms with Crippen LogP contribution in [0, 0.1) is 5.92 Å². The van der Waals surface area contributed by atoms with Crippen LogP contribution in [0.4, 0.5) is 0 Å². The number of esters is 1. The molecule has 1 aliphatic heterocycles. The van der Waals surface area contributed by atoms with E-state index in [0.29, 0.717) is 10.6 Å². The van der Waals surface area contributed by atoms with Gasteiger partial charge >= 0.3 is 5.97 Å². The van der Waals surface area contributed by atoms with Crippen LogP contribution in [0.15, 0.2) is 58.5 Å². The Hall–Kier alpha value is -2.60. The van der Waals surface area contributed by atoms with E-state index in [1.807, 2.05) is 0 Å². The Balaban J connectivity index is 1.69. The van der Waals surface area contributed by atoms with E-state index in [-0.39, 0.29) is 18.0 Å². The summed E-state index contributed by atoms with van der Waals surface area (Å²) >= 11 is 1.29. The van der Waals surface area contributed by atoms with Crippen LogP contribution in [-0.4, -0.2) is 30.0 Å². The van der Waals surface area contributed by atoms with Gasteiger partial charge in [0.05, 0.1) is 22.1 Å². The fourth-order valence-electron chi connectivity index (χ4n) is 2.19. The highest BCUT2D eigenvalue weighted by molar-refractivity contribution is 7.12. The van der Waals surface area contributed by atoms with Crippen LogP contribution in [0.25, 0.3) is 0 Å². The summed E-state index contributed by atoms with van der Waals surface area (Å²) < 4.78 is 5.05. The molecular formula is C16H11NO4S. The number of allylic oxidation sites excluding steroid dienone is 4. The average Bonchev–Trinajstić information content (AvgIpc) is 3.06. The first-order valence-corrected chi connectivity index (χ1v) is 7.46. The minimum Gasteiger partial charge on any atom is -0.454 e. The minimum absolute atomic E-state index is 0.203. The van der Waals surface area contributed by atoms with Crippen molar-refractivity contribution in [1.29, 1.82) is 0 Å². The topological polar surface area (TPSA) is 72.8 Å². The second-order valence-corrected chi connectivity index (χ2v) is 5.62. The molecule has 110 valence electrons. The van der Waals surface area contributed by atoms with Gasteiger partial charge in [0.15, 0.2) is 6.61 Å².